The molecule has 0 spiro atoms. The molecule has 0 atom stereocenters. The minimum atomic E-state index is -0.928. The molecule has 0 bridgehead atoms. The van der Waals surface area contributed by atoms with Gasteiger partial charge in [-0.3, -0.25) is 4.98 Å². The summed E-state index contributed by atoms with van der Waals surface area (Å²) in [6.07, 6.45) is 1.13. The number of anilines is 1. The second-order valence-corrected chi connectivity index (χ2v) is 8.74. The summed E-state index contributed by atoms with van der Waals surface area (Å²) in [5, 5.41) is 13.1. The van der Waals surface area contributed by atoms with E-state index in [9.17, 15) is 8.78 Å². The maximum Gasteiger partial charge on any atom is 0.206 e. The lowest BCUT2D eigenvalue weighted by atomic mass is 9.65. The van der Waals surface area contributed by atoms with E-state index in [-0.39, 0.29) is 12.8 Å². The third-order valence-corrected chi connectivity index (χ3v) is 6.33. The van der Waals surface area contributed by atoms with E-state index in [0.29, 0.717) is 17.4 Å². The number of alkyl halides is 1. The van der Waals surface area contributed by atoms with Gasteiger partial charge in [0.2, 0.25) is 5.13 Å². The predicted octanol–water partition coefficient (Wildman–Crippen LogP) is 5.29. The standard InChI is InChI=1S/C19H17BrF2N4S/c1-11-4-5-12(20)7-14(11)17-25-26-18(27-17)24-10-19(8-13(21)9-19)16-15(22)3-2-6-23-16/h2-7,13H,8-10H2,1H3,(H,24,26)/t13-,19+. The van der Waals surface area contributed by atoms with Gasteiger partial charge >= 0.3 is 0 Å². The van der Waals surface area contributed by atoms with Crippen LogP contribution in [0.1, 0.15) is 24.1 Å². The maximum atomic E-state index is 14.2. The Labute approximate surface area is 168 Å². The molecule has 4 rings (SSSR count). The molecule has 1 aromatic carbocycles. The van der Waals surface area contributed by atoms with E-state index in [4.69, 9.17) is 0 Å². The molecule has 0 radical (unpaired) electrons. The first-order valence-corrected chi connectivity index (χ1v) is 10.2. The molecule has 1 saturated carbocycles. The van der Waals surface area contributed by atoms with Crippen LogP contribution in [0.2, 0.25) is 0 Å². The average Bonchev–Trinajstić information content (AvgIpc) is 3.09. The summed E-state index contributed by atoms with van der Waals surface area (Å²) in [7, 11) is 0. The molecule has 0 saturated heterocycles. The SMILES string of the molecule is Cc1ccc(Br)cc1-c1nnc(NC[C@]2(c3ncccc3F)C[C@@H](F)C2)s1. The lowest BCUT2D eigenvalue weighted by Gasteiger charge is -2.43. The normalized spacial score (nSPS) is 21.7. The molecule has 8 heteroatoms. The number of benzene rings is 1. The topological polar surface area (TPSA) is 50.7 Å². The Kier molecular flexibility index (Phi) is 4.94. The second kappa shape index (κ2) is 7.24. The fourth-order valence-corrected chi connectivity index (χ4v) is 4.64. The molecule has 0 unspecified atom stereocenters. The van der Waals surface area contributed by atoms with E-state index in [1.165, 1.54) is 17.4 Å². The molecule has 3 aromatic rings. The molecule has 1 fully saturated rings. The van der Waals surface area contributed by atoms with Gasteiger partial charge in [0.15, 0.2) is 0 Å². The van der Waals surface area contributed by atoms with Crippen LogP contribution >= 0.6 is 27.3 Å². The first-order valence-electron chi connectivity index (χ1n) is 8.56. The van der Waals surface area contributed by atoms with Crippen LogP contribution < -0.4 is 5.32 Å². The number of pyridine rings is 1. The third-order valence-electron chi connectivity index (χ3n) is 4.92. The van der Waals surface area contributed by atoms with Gasteiger partial charge in [-0.05, 0) is 49.6 Å². The van der Waals surface area contributed by atoms with Crippen molar-refractivity contribution < 1.29 is 8.78 Å². The molecule has 1 N–H and O–H groups in total. The van der Waals surface area contributed by atoms with E-state index in [1.54, 1.807) is 12.3 Å². The number of aromatic nitrogens is 3. The van der Waals surface area contributed by atoms with Gasteiger partial charge in [-0.15, -0.1) is 10.2 Å². The summed E-state index contributed by atoms with van der Waals surface area (Å²) in [6, 6.07) is 8.92. The highest BCUT2D eigenvalue weighted by molar-refractivity contribution is 9.10. The van der Waals surface area contributed by atoms with Crippen molar-refractivity contribution in [3.63, 3.8) is 0 Å². The Morgan fingerprint density at radius 1 is 1.30 bits per heavy atom. The van der Waals surface area contributed by atoms with Crippen LogP contribution in [0, 0.1) is 12.7 Å². The van der Waals surface area contributed by atoms with Gasteiger partial charge in [0.1, 0.15) is 17.0 Å². The van der Waals surface area contributed by atoms with Gasteiger partial charge in [0.05, 0.1) is 5.69 Å². The van der Waals surface area contributed by atoms with Crippen molar-refractivity contribution in [2.75, 3.05) is 11.9 Å². The highest BCUT2D eigenvalue weighted by atomic mass is 79.9. The van der Waals surface area contributed by atoms with Gasteiger partial charge in [-0.2, -0.15) is 0 Å². The first-order chi connectivity index (χ1) is 13.0. The molecular formula is C19H17BrF2N4S. The fourth-order valence-electron chi connectivity index (χ4n) is 3.46. The highest BCUT2D eigenvalue weighted by Gasteiger charge is 2.48. The molecule has 2 heterocycles. The maximum absolute atomic E-state index is 14.2. The Hall–Kier alpha value is -1.93. The Morgan fingerprint density at radius 2 is 2.11 bits per heavy atom. The van der Waals surface area contributed by atoms with Gasteiger partial charge < -0.3 is 5.32 Å². The lowest BCUT2D eigenvalue weighted by molar-refractivity contribution is 0.0965. The van der Waals surface area contributed by atoms with Crippen LogP contribution in [0.15, 0.2) is 41.0 Å². The summed E-state index contributed by atoms with van der Waals surface area (Å²) in [6.45, 7) is 2.39. The van der Waals surface area contributed by atoms with Crippen molar-refractivity contribution in [2.24, 2.45) is 0 Å². The quantitative estimate of drug-likeness (QED) is 0.573. The zero-order valence-electron chi connectivity index (χ0n) is 14.5. The number of nitrogens with one attached hydrogen (secondary N) is 1. The summed E-state index contributed by atoms with van der Waals surface area (Å²) < 4.78 is 28.9. The lowest BCUT2D eigenvalue weighted by Crippen LogP contribution is -2.48. The number of hydrogen-bond donors (Lipinski definition) is 1. The van der Waals surface area contributed by atoms with Crippen molar-refractivity contribution >= 4 is 32.4 Å². The molecule has 27 heavy (non-hydrogen) atoms. The van der Waals surface area contributed by atoms with E-state index in [2.05, 4.69) is 36.4 Å². The number of aryl methyl sites for hydroxylation is 1. The minimum Gasteiger partial charge on any atom is -0.359 e. The Bertz CT molecular complexity index is 972. The van der Waals surface area contributed by atoms with E-state index in [0.717, 1.165) is 20.6 Å². The van der Waals surface area contributed by atoms with Gasteiger partial charge in [0, 0.05) is 28.2 Å². The summed E-state index contributed by atoms with van der Waals surface area (Å²) in [5.74, 6) is -0.395. The fraction of sp³-hybridized carbons (Fsp3) is 0.316. The van der Waals surface area contributed by atoms with E-state index in [1.807, 2.05) is 25.1 Å². The molecule has 2 aromatic heterocycles. The average molecular weight is 451 g/mol. The highest BCUT2D eigenvalue weighted by Crippen LogP contribution is 2.46. The zero-order valence-corrected chi connectivity index (χ0v) is 16.9. The number of rotatable bonds is 5. The molecule has 1 aliphatic carbocycles. The van der Waals surface area contributed by atoms with Gasteiger partial charge in [-0.1, -0.05) is 33.3 Å². The molecule has 0 aliphatic heterocycles. The smallest absolute Gasteiger partial charge is 0.206 e. The summed E-state index contributed by atoms with van der Waals surface area (Å²) in [5.41, 5.74) is 1.78. The molecule has 1 aliphatic rings. The van der Waals surface area contributed by atoms with Crippen LogP contribution in [0.25, 0.3) is 10.6 Å². The second-order valence-electron chi connectivity index (χ2n) is 6.84. The summed E-state index contributed by atoms with van der Waals surface area (Å²) in [4.78, 5) is 4.17. The van der Waals surface area contributed by atoms with Gasteiger partial charge in [0.25, 0.3) is 0 Å². The molecule has 4 nitrogen and oxygen atoms in total. The minimum absolute atomic E-state index is 0.254. The molecular weight excluding hydrogens is 434 g/mol. The molecule has 140 valence electrons. The van der Waals surface area contributed by atoms with Crippen molar-refractivity contribution in [2.45, 2.75) is 31.4 Å². The van der Waals surface area contributed by atoms with Crippen LogP contribution in [0.5, 0.6) is 0 Å². The Balaban J connectivity index is 1.54. The van der Waals surface area contributed by atoms with Crippen LogP contribution in [-0.2, 0) is 5.41 Å². The van der Waals surface area contributed by atoms with Crippen molar-refractivity contribution in [1.82, 2.24) is 15.2 Å². The number of halogens is 3. The monoisotopic (exact) mass is 450 g/mol. The molecule has 0 amide bonds. The third kappa shape index (κ3) is 3.60. The van der Waals surface area contributed by atoms with Crippen LogP contribution in [0.3, 0.4) is 0 Å². The zero-order chi connectivity index (χ0) is 19.0. The Morgan fingerprint density at radius 3 is 2.85 bits per heavy atom. The largest absolute Gasteiger partial charge is 0.359 e. The van der Waals surface area contributed by atoms with Crippen molar-refractivity contribution in [1.29, 1.82) is 0 Å². The summed E-state index contributed by atoms with van der Waals surface area (Å²) >= 11 is 4.90. The predicted molar refractivity (Wildman–Crippen MR) is 106 cm³/mol. The first kappa shape index (κ1) is 18.4. The van der Waals surface area contributed by atoms with Crippen molar-refractivity contribution in [3.05, 3.63) is 58.1 Å². The van der Waals surface area contributed by atoms with E-state index >= 15 is 0 Å². The van der Waals surface area contributed by atoms with E-state index < -0.39 is 17.4 Å². The van der Waals surface area contributed by atoms with Crippen LogP contribution in [0.4, 0.5) is 13.9 Å². The number of nitrogens with zero attached hydrogens (tertiary/aromatic N) is 3. The van der Waals surface area contributed by atoms with Gasteiger partial charge in [-0.25, -0.2) is 8.78 Å². The number of hydrogen-bond acceptors (Lipinski definition) is 5. The van der Waals surface area contributed by atoms with Crippen LogP contribution in [-0.4, -0.2) is 27.9 Å². The van der Waals surface area contributed by atoms with Crippen molar-refractivity contribution in [3.8, 4) is 10.6 Å².